The molecule has 0 spiro atoms. The largest absolute Gasteiger partial charge is 0.497 e. The third-order valence-electron chi connectivity index (χ3n) is 5.62. The fraction of sp³-hybridized carbons (Fsp3) is 0.231. The molecule has 8 heteroatoms. The van der Waals surface area contributed by atoms with E-state index in [2.05, 4.69) is 52.4 Å². The predicted octanol–water partition coefficient (Wildman–Crippen LogP) is 4.77. The fourth-order valence-electron chi connectivity index (χ4n) is 4.02. The van der Waals surface area contributed by atoms with Crippen LogP contribution in [0, 0.1) is 0 Å². The highest BCUT2D eigenvalue weighted by Crippen LogP contribution is 2.34. The van der Waals surface area contributed by atoms with Gasteiger partial charge < -0.3 is 10.1 Å². The van der Waals surface area contributed by atoms with Crippen LogP contribution in [0.1, 0.15) is 19.4 Å². The maximum Gasteiger partial charge on any atom is 0.137 e. The number of aromatic nitrogens is 6. The van der Waals surface area contributed by atoms with Crippen molar-refractivity contribution in [2.45, 2.75) is 26.4 Å². The van der Waals surface area contributed by atoms with Crippen molar-refractivity contribution in [2.75, 3.05) is 12.4 Å². The molecule has 0 aliphatic rings. The molecule has 0 amide bonds. The molecule has 5 rings (SSSR count). The number of nitrogens with one attached hydrogen (secondary N) is 1. The van der Waals surface area contributed by atoms with Gasteiger partial charge in [-0.1, -0.05) is 12.1 Å². The van der Waals surface area contributed by atoms with Crippen LogP contribution < -0.4 is 10.1 Å². The smallest absolute Gasteiger partial charge is 0.137 e. The molecule has 0 fully saturated rings. The van der Waals surface area contributed by atoms with Crippen molar-refractivity contribution >= 4 is 16.7 Å². The van der Waals surface area contributed by atoms with E-state index in [1.165, 1.54) is 0 Å². The lowest BCUT2D eigenvalue weighted by Crippen LogP contribution is -2.11. The Morgan fingerprint density at radius 3 is 2.50 bits per heavy atom. The van der Waals surface area contributed by atoms with E-state index in [1.807, 2.05) is 60.8 Å². The molecule has 0 saturated heterocycles. The number of fused-ring (bicyclic) bond motifs is 1. The highest BCUT2D eigenvalue weighted by atomic mass is 16.5. The number of benzene rings is 1. The summed E-state index contributed by atoms with van der Waals surface area (Å²) in [4.78, 5) is 9.32. The Balaban J connectivity index is 1.64. The maximum absolute atomic E-state index is 5.30. The summed E-state index contributed by atoms with van der Waals surface area (Å²) in [6, 6.07) is 14.3. The molecule has 0 atom stereocenters. The molecular weight excluding hydrogens is 426 g/mol. The molecule has 34 heavy (non-hydrogen) atoms. The minimum Gasteiger partial charge on any atom is -0.497 e. The van der Waals surface area contributed by atoms with Gasteiger partial charge in [-0.2, -0.15) is 10.2 Å². The summed E-state index contributed by atoms with van der Waals surface area (Å²) < 4.78 is 9.11. The maximum atomic E-state index is 5.30. The summed E-state index contributed by atoms with van der Waals surface area (Å²) in [5.41, 5.74) is 5.79. The molecule has 5 aromatic rings. The van der Waals surface area contributed by atoms with Gasteiger partial charge in [0.1, 0.15) is 17.3 Å². The van der Waals surface area contributed by atoms with Gasteiger partial charge in [-0.05, 0) is 55.3 Å². The summed E-state index contributed by atoms with van der Waals surface area (Å²) in [6.07, 6.45) is 7.49. The first-order valence-electron chi connectivity index (χ1n) is 11.2. The zero-order chi connectivity index (χ0) is 23.7. The molecule has 0 aliphatic heterocycles. The Morgan fingerprint density at radius 1 is 1.00 bits per heavy atom. The van der Waals surface area contributed by atoms with Crippen molar-refractivity contribution < 1.29 is 4.74 Å². The molecule has 4 heterocycles. The Hall–Kier alpha value is -4.20. The molecule has 0 radical (unpaired) electrons. The lowest BCUT2D eigenvalue weighted by atomic mass is 10.1. The van der Waals surface area contributed by atoms with E-state index in [0.717, 1.165) is 50.5 Å². The molecule has 1 N–H and O–H groups in total. The predicted molar refractivity (Wildman–Crippen MR) is 134 cm³/mol. The van der Waals surface area contributed by atoms with Gasteiger partial charge in [-0.15, -0.1) is 0 Å². The highest BCUT2D eigenvalue weighted by Gasteiger charge is 2.19. The Labute approximate surface area is 198 Å². The SMILES string of the molecule is COc1ccc(Cn2nc(-c3cc(-c4cnn(C)c4)ccn3)c3c(NC(C)C)nccc32)cc1. The van der Waals surface area contributed by atoms with Crippen molar-refractivity contribution in [3.8, 4) is 28.3 Å². The highest BCUT2D eigenvalue weighted by molar-refractivity contribution is 6.00. The van der Waals surface area contributed by atoms with Crippen LogP contribution in [0.5, 0.6) is 5.75 Å². The summed E-state index contributed by atoms with van der Waals surface area (Å²) in [5.74, 6) is 1.64. The number of ether oxygens (including phenoxy) is 1. The average Bonchev–Trinajstić information content (AvgIpc) is 3.44. The second-order valence-electron chi connectivity index (χ2n) is 8.54. The van der Waals surface area contributed by atoms with Gasteiger partial charge in [-0.25, -0.2) is 4.98 Å². The Kier molecular flexibility index (Phi) is 5.71. The van der Waals surface area contributed by atoms with Crippen molar-refractivity contribution in [3.63, 3.8) is 0 Å². The summed E-state index contributed by atoms with van der Waals surface area (Å²) >= 11 is 0. The molecule has 0 aliphatic carbocycles. The van der Waals surface area contributed by atoms with Crippen LogP contribution >= 0.6 is 0 Å². The number of aryl methyl sites for hydroxylation is 1. The van der Waals surface area contributed by atoms with Crippen molar-refractivity contribution in [1.29, 1.82) is 0 Å². The first kappa shape index (κ1) is 21.6. The van der Waals surface area contributed by atoms with E-state index in [-0.39, 0.29) is 6.04 Å². The van der Waals surface area contributed by atoms with E-state index >= 15 is 0 Å². The second kappa shape index (κ2) is 8.97. The number of pyridine rings is 2. The third kappa shape index (κ3) is 4.22. The minimum absolute atomic E-state index is 0.227. The normalized spacial score (nSPS) is 11.3. The minimum atomic E-state index is 0.227. The third-order valence-corrected chi connectivity index (χ3v) is 5.62. The number of hydrogen-bond acceptors (Lipinski definition) is 6. The van der Waals surface area contributed by atoms with Gasteiger partial charge in [0.05, 0.1) is 36.4 Å². The Bertz CT molecular complexity index is 1430. The molecule has 0 saturated carbocycles. The first-order valence-corrected chi connectivity index (χ1v) is 11.2. The summed E-state index contributed by atoms with van der Waals surface area (Å²) in [5, 5.41) is 13.8. The van der Waals surface area contributed by atoms with Gasteiger partial charge in [0.2, 0.25) is 0 Å². The van der Waals surface area contributed by atoms with Gasteiger partial charge in [-0.3, -0.25) is 14.3 Å². The van der Waals surface area contributed by atoms with E-state index in [9.17, 15) is 0 Å². The summed E-state index contributed by atoms with van der Waals surface area (Å²) in [7, 11) is 3.58. The molecular formula is C26H27N7O. The lowest BCUT2D eigenvalue weighted by molar-refractivity contribution is 0.414. The number of nitrogens with zero attached hydrogens (tertiary/aromatic N) is 6. The summed E-state index contributed by atoms with van der Waals surface area (Å²) in [6.45, 7) is 4.82. The van der Waals surface area contributed by atoms with Crippen molar-refractivity contribution in [2.24, 2.45) is 7.05 Å². The molecule has 4 aromatic heterocycles. The van der Waals surface area contributed by atoms with Gasteiger partial charge in [0.25, 0.3) is 0 Å². The monoisotopic (exact) mass is 453 g/mol. The second-order valence-corrected chi connectivity index (χ2v) is 8.54. The van der Waals surface area contributed by atoms with Crippen LogP contribution in [-0.4, -0.2) is 42.7 Å². The van der Waals surface area contributed by atoms with Crippen LogP contribution in [0.4, 0.5) is 5.82 Å². The van der Waals surface area contributed by atoms with Crippen LogP contribution in [-0.2, 0) is 13.6 Å². The number of rotatable bonds is 7. The molecule has 1 aromatic carbocycles. The molecule has 172 valence electrons. The molecule has 0 unspecified atom stereocenters. The van der Waals surface area contributed by atoms with E-state index in [1.54, 1.807) is 11.8 Å². The van der Waals surface area contributed by atoms with Gasteiger partial charge in [0.15, 0.2) is 0 Å². The first-order chi connectivity index (χ1) is 16.5. The van der Waals surface area contributed by atoms with Gasteiger partial charge >= 0.3 is 0 Å². The quantitative estimate of drug-likeness (QED) is 0.382. The fourth-order valence-corrected chi connectivity index (χ4v) is 4.02. The van der Waals surface area contributed by atoms with E-state index < -0.39 is 0 Å². The standard InChI is InChI=1S/C26H27N7O/c1-17(2)30-26-24-23(10-12-28-26)33(15-18-5-7-21(34-4)8-6-18)31-25(24)22-13-19(9-11-27-22)20-14-29-32(3)16-20/h5-14,16-17H,15H2,1-4H3,(H,28,30). The number of hydrogen-bond donors (Lipinski definition) is 1. The topological polar surface area (TPSA) is 82.7 Å². The zero-order valence-corrected chi connectivity index (χ0v) is 19.7. The number of anilines is 1. The van der Waals surface area contributed by atoms with E-state index in [4.69, 9.17) is 9.84 Å². The zero-order valence-electron chi connectivity index (χ0n) is 19.7. The van der Waals surface area contributed by atoms with Crippen LogP contribution in [0.15, 0.2) is 67.3 Å². The van der Waals surface area contributed by atoms with E-state index in [0.29, 0.717) is 6.54 Å². The molecule has 0 bridgehead atoms. The Morgan fingerprint density at radius 2 is 1.79 bits per heavy atom. The van der Waals surface area contributed by atoms with Crippen LogP contribution in [0.2, 0.25) is 0 Å². The lowest BCUT2D eigenvalue weighted by Gasteiger charge is -2.11. The average molecular weight is 454 g/mol. The number of methoxy groups -OCH3 is 1. The van der Waals surface area contributed by atoms with Crippen LogP contribution in [0.3, 0.4) is 0 Å². The van der Waals surface area contributed by atoms with Crippen molar-refractivity contribution in [3.05, 3.63) is 72.8 Å². The van der Waals surface area contributed by atoms with Crippen molar-refractivity contribution in [1.82, 2.24) is 29.5 Å². The van der Waals surface area contributed by atoms with Gasteiger partial charge in [0, 0.05) is 37.2 Å². The van der Waals surface area contributed by atoms with Crippen LogP contribution in [0.25, 0.3) is 33.4 Å². The molecule has 8 nitrogen and oxygen atoms in total.